The molecule has 11 nitrogen and oxygen atoms in total. The first-order valence-corrected chi connectivity index (χ1v) is 22.3. The van der Waals surface area contributed by atoms with Gasteiger partial charge in [0, 0.05) is 0 Å². The van der Waals surface area contributed by atoms with Crippen LogP contribution in [0.5, 0.6) is 0 Å². The normalized spacial score (nSPS) is 25.6. The lowest BCUT2D eigenvalue weighted by atomic mass is 9.96. The lowest BCUT2D eigenvalue weighted by Crippen LogP contribution is -2.66. The first-order valence-electron chi connectivity index (χ1n) is 22.3. The summed E-state index contributed by atoms with van der Waals surface area (Å²) in [6, 6.07) is 58.8. The Kier molecular flexibility index (Phi) is 17.4. The second-order valence-corrected chi connectivity index (χ2v) is 16.2. The highest BCUT2D eigenvalue weighted by Crippen LogP contribution is 2.35. The van der Waals surface area contributed by atoms with Crippen molar-refractivity contribution in [3.05, 3.63) is 215 Å². The molecule has 0 bridgehead atoms. The molecule has 0 amide bonds. The molecule has 2 heterocycles. The molecule has 2 fully saturated rings. The summed E-state index contributed by atoms with van der Waals surface area (Å²) in [5.41, 5.74) is 5.65. The maximum atomic E-state index is 11.9. The zero-order valence-electron chi connectivity index (χ0n) is 36.3. The van der Waals surface area contributed by atoms with Gasteiger partial charge in [-0.3, -0.25) is 0 Å². The van der Waals surface area contributed by atoms with E-state index in [0.717, 1.165) is 33.4 Å². The van der Waals surface area contributed by atoms with Crippen molar-refractivity contribution in [1.82, 2.24) is 0 Å². The van der Waals surface area contributed by atoms with E-state index >= 15 is 0 Å². The van der Waals surface area contributed by atoms with Crippen LogP contribution in [-0.2, 0) is 82.3 Å². The van der Waals surface area contributed by atoms with Crippen LogP contribution in [-0.4, -0.2) is 84.8 Å². The Balaban J connectivity index is 1.13. The summed E-state index contributed by atoms with van der Waals surface area (Å²) < 4.78 is 60.0. The molecule has 340 valence electrons. The Bertz CT molecular complexity index is 2200. The lowest BCUT2D eigenvalue weighted by Gasteiger charge is -2.49. The van der Waals surface area contributed by atoms with Crippen LogP contribution < -0.4 is 0 Å². The summed E-state index contributed by atoms with van der Waals surface area (Å²) in [4.78, 5) is 0. The molecule has 2 aliphatic heterocycles. The number of hydrogen-bond donors (Lipinski definition) is 2. The molecule has 65 heavy (non-hydrogen) atoms. The van der Waals surface area contributed by atoms with Crippen LogP contribution in [0, 0.1) is 0 Å². The Morgan fingerprint density at radius 2 is 0.662 bits per heavy atom. The molecule has 10 atom stereocenters. The zero-order valence-corrected chi connectivity index (χ0v) is 36.3. The highest BCUT2D eigenvalue weighted by atomic mass is 16.8. The van der Waals surface area contributed by atoms with Gasteiger partial charge < -0.3 is 52.8 Å². The smallest absolute Gasteiger partial charge is 0.187 e. The molecule has 6 aromatic carbocycles. The van der Waals surface area contributed by atoms with Gasteiger partial charge in [0.1, 0.15) is 48.8 Å². The van der Waals surface area contributed by atoms with Crippen molar-refractivity contribution in [1.29, 1.82) is 0 Å². The van der Waals surface area contributed by atoms with Gasteiger partial charge in [-0.1, -0.05) is 182 Å². The zero-order chi connectivity index (χ0) is 44.5. The van der Waals surface area contributed by atoms with E-state index in [4.69, 9.17) is 42.6 Å². The lowest BCUT2D eigenvalue weighted by molar-refractivity contribution is -0.374. The first kappa shape index (κ1) is 46.4. The van der Waals surface area contributed by atoms with Crippen LogP contribution >= 0.6 is 0 Å². The van der Waals surface area contributed by atoms with E-state index in [-0.39, 0.29) is 46.2 Å². The maximum absolute atomic E-state index is 11.9. The van der Waals surface area contributed by atoms with E-state index in [1.807, 2.05) is 182 Å². The molecular formula is C54H58O11. The molecule has 6 aromatic rings. The molecule has 11 heteroatoms. The summed E-state index contributed by atoms with van der Waals surface area (Å²) in [5.74, 6) is 0. The van der Waals surface area contributed by atoms with E-state index in [9.17, 15) is 10.2 Å². The van der Waals surface area contributed by atoms with E-state index in [0.29, 0.717) is 6.61 Å². The number of benzene rings is 6. The molecule has 0 aromatic heterocycles. The Hall–Kier alpha value is -5.12. The van der Waals surface area contributed by atoms with Crippen molar-refractivity contribution < 1.29 is 52.8 Å². The van der Waals surface area contributed by atoms with Crippen molar-refractivity contribution >= 4 is 0 Å². The Labute approximate surface area is 381 Å². The van der Waals surface area contributed by atoms with Gasteiger partial charge in [-0.15, -0.1) is 0 Å². The fourth-order valence-corrected chi connectivity index (χ4v) is 7.95. The molecular weight excluding hydrogens is 825 g/mol. The van der Waals surface area contributed by atoms with Crippen molar-refractivity contribution in [3.8, 4) is 0 Å². The fourth-order valence-electron chi connectivity index (χ4n) is 7.95. The standard InChI is InChI=1S/C54H58O11/c55-47-45(37-57-31-39-19-7-1-8-20-39)63-54(50(48(47)56)59-33-41-23-11-3-12-24-41)65-49-46(38-58-32-40-21-9-2-10-22-40)64-53(62-36-44-29-17-6-18-30-44)52(61-35-43-27-15-5-16-28-43)51(49)60-34-42-25-13-4-14-26-42/h1-30,45-56H,31-38H2. The van der Waals surface area contributed by atoms with Crippen molar-refractivity contribution in [3.63, 3.8) is 0 Å². The molecule has 2 N–H and O–H groups in total. The minimum absolute atomic E-state index is 0.0324. The number of rotatable bonds is 22. The second kappa shape index (κ2) is 24.4. The molecule has 0 radical (unpaired) electrons. The predicted octanol–water partition coefficient (Wildman–Crippen LogP) is 7.95. The van der Waals surface area contributed by atoms with Crippen molar-refractivity contribution in [2.45, 2.75) is 101 Å². The molecule has 0 spiro atoms. The molecule has 0 aliphatic carbocycles. The summed E-state index contributed by atoms with van der Waals surface area (Å²) in [7, 11) is 0. The minimum atomic E-state index is -1.42. The maximum Gasteiger partial charge on any atom is 0.187 e. The minimum Gasteiger partial charge on any atom is -0.387 e. The third kappa shape index (κ3) is 13.5. The van der Waals surface area contributed by atoms with Gasteiger partial charge in [-0.05, 0) is 33.4 Å². The number of ether oxygens (including phenoxy) is 9. The molecule has 2 aliphatic rings. The van der Waals surface area contributed by atoms with E-state index < -0.39 is 61.4 Å². The van der Waals surface area contributed by atoms with Gasteiger partial charge in [0.15, 0.2) is 12.6 Å². The topological polar surface area (TPSA) is 124 Å². The summed E-state index contributed by atoms with van der Waals surface area (Å²) in [6.45, 7) is 1.40. The average Bonchev–Trinajstić information content (AvgIpc) is 3.36. The van der Waals surface area contributed by atoms with Crippen LogP contribution in [0.1, 0.15) is 33.4 Å². The van der Waals surface area contributed by atoms with Gasteiger partial charge in [-0.2, -0.15) is 0 Å². The fraction of sp³-hybridized carbons (Fsp3) is 0.333. The number of hydrogen-bond acceptors (Lipinski definition) is 11. The van der Waals surface area contributed by atoms with E-state index in [2.05, 4.69) is 0 Å². The first-order chi connectivity index (χ1) is 32.1. The van der Waals surface area contributed by atoms with E-state index in [1.165, 1.54) is 0 Å². The van der Waals surface area contributed by atoms with Crippen LogP contribution in [0.3, 0.4) is 0 Å². The molecule has 8 rings (SSSR count). The van der Waals surface area contributed by atoms with Gasteiger partial charge in [0.2, 0.25) is 0 Å². The third-order valence-electron chi connectivity index (χ3n) is 11.4. The highest BCUT2D eigenvalue weighted by Gasteiger charge is 2.53. The van der Waals surface area contributed by atoms with E-state index in [1.54, 1.807) is 0 Å². The molecule has 2 saturated heterocycles. The largest absolute Gasteiger partial charge is 0.387 e. The van der Waals surface area contributed by atoms with Crippen LogP contribution in [0.25, 0.3) is 0 Å². The molecule has 10 unspecified atom stereocenters. The summed E-state index contributed by atoms with van der Waals surface area (Å²) >= 11 is 0. The number of aliphatic hydroxyl groups is 2. The second-order valence-electron chi connectivity index (χ2n) is 16.2. The monoisotopic (exact) mass is 882 g/mol. The summed E-state index contributed by atoms with van der Waals surface area (Å²) in [5, 5.41) is 23.5. The third-order valence-corrected chi connectivity index (χ3v) is 11.4. The van der Waals surface area contributed by atoms with Gasteiger partial charge in [-0.25, -0.2) is 0 Å². The van der Waals surface area contributed by atoms with Gasteiger partial charge >= 0.3 is 0 Å². The summed E-state index contributed by atoms with van der Waals surface area (Å²) in [6.07, 6.45) is -10.5. The SMILES string of the molecule is OC1C(COCc2ccccc2)OC(OC2C(COCc3ccccc3)OC(OCc3ccccc3)C(OCc3ccccc3)C2OCc2ccccc2)C(OCc2ccccc2)C1O. The van der Waals surface area contributed by atoms with Crippen molar-refractivity contribution in [2.75, 3.05) is 13.2 Å². The Morgan fingerprint density at radius 1 is 0.323 bits per heavy atom. The van der Waals surface area contributed by atoms with Crippen molar-refractivity contribution in [2.24, 2.45) is 0 Å². The highest BCUT2D eigenvalue weighted by molar-refractivity contribution is 5.18. The number of aliphatic hydroxyl groups excluding tert-OH is 2. The Morgan fingerprint density at radius 3 is 1.09 bits per heavy atom. The predicted molar refractivity (Wildman–Crippen MR) is 243 cm³/mol. The van der Waals surface area contributed by atoms with Crippen LogP contribution in [0.4, 0.5) is 0 Å². The van der Waals surface area contributed by atoms with Gasteiger partial charge in [0.05, 0.1) is 52.9 Å². The van der Waals surface area contributed by atoms with Crippen LogP contribution in [0.15, 0.2) is 182 Å². The molecule has 0 saturated carbocycles. The van der Waals surface area contributed by atoms with Gasteiger partial charge in [0.25, 0.3) is 0 Å². The van der Waals surface area contributed by atoms with Crippen LogP contribution in [0.2, 0.25) is 0 Å². The average molecular weight is 883 g/mol. The quantitative estimate of drug-likeness (QED) is 0.0691.